The molecule has 0 saturated carbocycles. The van der Waals surface area contributed by atoms with E-state index >= 15 is 0 Å². The first-order valence-electron chi connectivity index (χ1n) is 6.12. The van der Waals surface area contributed by atoms with Gasteiger partial charge in [-0.2, -0.15) is 5.10 Å². The van der Waals surface area contributed by atoms with Crippen LogP contribution in [-0.2, 0) is 4.79 Å². The molecule has 1 aromatic heterocycles. The van der Waals surface area contributed by atoms with Crippen LogP contribution in [0.1, 0.15) is 26.8 Å². The molecule has 1 N–H and O–H groups in total. The summed E-state index contributed by atoms with van der Waals surface area (Å²) in [4.78, 5) is 14.3. The molecular formula is C12H22Cl2N4O. The van der Waals surface area contributed by atoms with E-state index in [-0.39, 0.29) is 42.8 Å². The number of piperazine rings is 1. The molecule has 110 valence electrons. The first kappa shape index (κ1) is 18.2. The third kappa shape index (κ3) is 4.09. The lowest BCUT2D eigenvalue weighted by Gasteiger charge is -2.38. The molecule has 3 atom stereocenters. The lowest BCUT2D eigenvalue weighted by molar-refractivity contribution is -0.138. The number of nitrogens with one attached hydrogen (secondary N) is 1. The summed E-state index contributed by atoms with van der Waals surface area (Å²) in [6.45, 7) is 7.70. The minimum atomic E-state index is -0.224. The number of amides is 1. The molecule has 1 saturated heterocycles. The summed E-state index contributed by atoms with van der Waals surface area (Å²) in [5.41, 5.74) is 0. The highest BCUT2D eigenvalue weighted by molar-refractivity contribution is 5.85. The Labute approximate surface area is 126 Å². The van der Waals surface area contributed by atoms with E-state index in [2.05, 4.69) is 24.3 Å². The Morgan fingerprint density at radius 2 is 2.11 bits per heavy atom. The molecule has 19 heavy (non-hydrogen) atoms. The van der Waals surface area contributed by atoms with E-state index in [1.54, 1.807) is 10.9 Å². The SMILES string of the molecule is CC1CN(C(=O)C(C)n2cccn2)C(C)CN1.Cl.Cl. The fourth-order valence-electron chi connectivity index (χ4n) is 2.19. The number of nitrogens with zero attached hydrogens (tertiary/aromatic N) is 3. The average Bonchev–Trinajstić information content (AvgIpc) is 2.84. The van der Waals surface area contributed by atoms with Crippen LogP contribution in [0.3, 0.4) is 0 Å². The standard InChI is InChI=1S/C12H20N4O.2ClH/c1-9-8-15(10(2)7-13-9)12(17)11(3)16-6-4-5-14-16;;/h4-6,9-11,13H,7-8H2,1-3H3;2*1H. The summed E-state index contributed by atoms with van der Waals surface area (Å²) < 4.78 is 1.71. The quantitative estimate of drug-likeness (QED) is 0.901. The minimum absolute atomic E-state index is 0. The van der Waals surface area contributed by atoms with Gasteiger partial charge >= 0.3 is 0 Å². The van der Waals surface area contributed by atoms with Crippen molar-refractivity contribution in [2.24, 2.45) is 0 Å². The minimum Gasteiger partial charge on any atom is -0.335 e. The molecule has 5 nitrogen and oxygen atoms in total. The Hall–Kier alpha value is -0.780. The van der Waals surface area contributed by atoms with Gasteiger partial charge in [0.05, 0.1) is 0 Å². The van der Waals surface area contributed by atoms with Gasteiger partial charge in [0.25, 0.3) is 0 Å². The normalized spacial score (nSPS) is 24.1. The number of aromatic nitrogens is 2. The van der Waals surface area contributed by atoms with Crippen LogP contribution in [0.2, 0.25) is 0 Å². The second-order valence-electron chi connectivity index (χ2n) is 4.81. The maximum absolute atomic E-state index is 12.4. The molecule has 0 aliphatic carbocycles. The van der Waals surface area contributed by atoms with E-state index in [4.69, 9.17) is 0 Å². The molecule has 3 unspecified atom stereocenters. The van der Waals surface area contributed by atoms with Crippen LogP contribution in [0, 0.1) is 0 Å². The molecule has 0 radical (unpaired) electrons. The monoisotopic (exact) mass is 308 g/mol. The summed E-state index contributed by atoms with van der Waals surface area (Å²) in [6, 6.07) is 2.22. The van der Waals surface area contributed by atoms with Crippen LogP contribution in [0.5, 0.6) is 0 Å². The van der Waals surface area contributed by atoms with Gasteiger partial charge in [0, 0.05) is 37.6 Å². The Morgan fingerprint density at radius 3 is 2.68 bits per heavy atom. The highest BCUT2D eigenvalue weighted by Gasteiger charge is 2.30. The average molecular weight is 309 g/mol. The van der Waals surface area contributed by atoms with Gasteiger partial charge in [-0.05, 0) is 26.8 Å². The zero-order valence-corrected chi connectivity index (χ0v) is 13.1. The van der Waals surface area contributed by atoms with Gasteiger partial charge in [-0.25, -0.2) is 0 Å². The maximum atomic E-state index is 12.4. The molecule has 1 amide bonds. The van der Waals surface area contributed by atoms with Crippen molar-refractivity contribution in [1.82, 2.24) is 20.0 Å². The largest absolute Gasteiger partial charge is 0.335 e. The predicted octanol–water partition coefficient (Wildman–Crippen LogP) is 1.50. The Morgan fingerprint density at radius 1 is 1.42 bits per heavy atom. The number of hydrogen-bond acceptors (Lipinski definition) is 3. The van der Waals surface area contributed by atoms with E-state index in [1.165, 1.54) is 0 Å². The second-order valence-corrected chi connectivity index (χ2v) is 4.81. The van der Waals surface area contributed by atoms with Gasteiger partial charge in [0.1, 0.15) is 6.04 Å². The van der Waals surface area contributed by atoms with Gasteiger partial charge in [-0.3, -0.25) is 9.48 Å². The summed E-state index contributed by atoms with van der Waals surface area (Å²) in [5, 5.41) is 7.50. The van der Waals surface area contributed by atoms with E-state index < -0.39 is 0 Å². The molecule has 1 aromatic rings. The summed E-state index contributed by atoms with van der Waals surface area (Å²) in [5.74, 6) is 0.148. The maximum Gasteiger partial charge on any atom is 0.247 e. The van der Waals surface area contributed by atoms with E-state index in [0.29, 0.717) is 6.04 Å². The van der Waals surface area contributed by atoms with Crippen molar-refractivity contribution in [3.63, 3.8) is 0 Å². The molecule has 7 heteroatoms. The van der Waals surface area contributed by atoms with Crippen LogP contribution in [0.15, 0.2) is 18.5 Å². The predicted molar refractivity (Wildman–Crippen MR) is 80.1 cm³/mol. The van der Waals surface area contributed by atoms with Crippen molar-refractivity contribution in [2.75, 3.05) is 13.1 Å². The molecule has 2 heterocycles. The molecule has 0 bridgehead atoms. The smallest absolute Gasteiger partial charge is 0.247 e. The number of carbonyl (C=O) groups is 1. The van der Waals surface area contributed by atoms with Gasteiger partial charge in [0.15, 0.2) is 0 Å². The summed E-state index contributed by atoms with van der Waals surface area (Å²) in [7, 11) is 0. The molecule has 2 rings (SSSR count). The fraction of sp³-hybridized carbons (Fsp3) is 0.667. The van der Waals surface area contributed by atoms with Crippen molar-refractivity contribution in [3.05, 3.63) is 18.5 Å². The van der Waals surface area contributed by atoms with E-state index in [1.807, 2.05) is 24.1 Å². The van der Waals surface area contributed by atoms with Gasteiger partial charge in [-0.1, -0.05) is 0 Å². The first-order chi connectivity index (χ1) is 8.09. The number of halogens is 2. The zero-order chi connectivity index (χ0) is 12.4. The summed E-state index contributed by atoms with van der Waals surface area (Å²) >= 11 is 0. The molecule has 1 aliphatic heterocycles. The van der Waals surface area contributed by atoms with Crippen molar-refractivity contribution in [2.45, 2.75) is 38.9 Å². The lowest BCUT2D eigenvalue weighted by Crippen LogP contribution is -2.57. The molecular weight excluding hydrogens is 287 g/mol. The number of rotatable bonds is 2. The number of hydrogen-bond donors (Lipinski definition) is 1. The molecule has 1 fully saturated rings. The van der Waals surface area contributed by atoms with Crippen LogP contribution < -0.4 is 5.32 Å². The summed E-state index contributed by atoms with van der Waals surface area (Å²) in [6.07, 6.45) is 3.53. The second kappa shape index (κ2) is 7.72. The zero-order valence-electron chi connectivity index (χ0n) is 11.4. The van der Waals surface area contributed by atoms with Crippen LogP contribution in [-0.4, -0.2) is 45.8 Å². The van der Waals surface area contributed by atoms with Crippen molar-refractivity contribution in [1.29, 1.82) is 0 Å². The van der Waals surface area contributed by atoms with Crippen molar-refractivity contribution < 1.29 is 4.79 Å². The first-order valence-corrected chi connectivity index (χ1v) is 6.12. The molecule has 0 aromatic carbocycles. The third-order valence-corrected chi connectivity index (χ3v) is 3.33. The van der Waals surface area contributed by atoms with Crippen LogP contribution in [0.4, 0.5) is 0 Å². The molecule has 0 spiro atoms. The van der Waals surface area contributed by atoms with Crippen LogP contribution in [0.25, 0.3) is 0 Å². The number of carbonyl (C=O) groups excluding carboxylic acids is 1. The van der Waals surface area contributed by atoms with Crippen molar-refractivity contribution in [3.8, 4) is 0 Å². The Balaban J connectivity index is 0.00000162. The molecule has 1 aliphatic rings. The van der Waals surface area contributed by atoms with Crippen LogP contribution >= 0.6 is 24.8 Å². The Bertz CT molecular complexity index is 385. The van der Waals surface area contributed by atoms with Gasteiger partial charge < -0.3 is 10.2 Å². The van der Waals surface area contributed by atoms with Gasteiger partial charge in [0.2, 0.25) is 5.91 Å². The third-order valence-electron chi connectivity index (χ3n) is 3.33. The Kier molecular flexibility index (Phi) is 7.41. The van der Waals surface area contributed by atoms with Crippen molar-refractivity contribution >= 4 is 30.7 Å². The van der Waals surface area contributed by atoms with E-state index in [0.717, 1.165) is 13.1 Å². The topological polar surface area (TPSA) is 50.2 Å². The highest BCUT2D eigenvalue weighted by atomic mass is 35.5. The van der Waals surface area contributed by atoms with Gasteiger partial charge in [-0.15, -0.1) is 24.8 Å². The highest BCUT2D eigenvalue weighted by Crippen LogP contribution is 2.14. The fourth-order valence-corrected chi connectivity index (χ4v) is 2.19. The lowest BCUT2D eigenvalue weighted by atomic mass is 10.1. The van der Waals surface area contributed by atoms with E-state index in [9.17, 15) is 4.79 Å².